The molecular formula is C16H17FN4O3. The highest BCUT2D eigenvalue weighted by molar-refractivity contribution is 5.88. The number of methoxy groups -OCH3 is 1. The monoisotopic (exact) mass is 332 g/mol. The summed E-state index contributed by atoms with van der Waals surface area (Å²) in [6.45, 7) is 0.538. The van der Waals surface area contributed by atoms with Crippen LogP contribution in [-0.2, 0) is 4.74 Å². The van der Waals surface area contributed by atoms with Crippen molar-refractivity contribution in [2.75, 3.05) is 19.0 Å². The minimum atomic E-state index is -0.461. The lowest BCUT2D eigenvalue weighted by Crippen LogP contribution is -2.39. The maximum atomic E-state index is 12.8. The van der Waals surface area contributed by atoms with Crippen LogP contribution in [0.2, 0.25) is 0 Å². The van der Waals surface area contributed by atoms with Crippen molar-refractivity contribution >= 4 is 11.8 Å². The summed E-state index contributed by atoms with van der Waals surface area (Å²) < 4.78 is 23.6. The van der Waals surface area contributed by atoms with Crippen molar-refractivity contribution in [3.8, 4) is 5.88 Å². The van der Waals surface area contributed by atoms with Gasteiger partial charge in [0.25, 0.3) is 0 Å². The molecule has 3 rings (SSSR count). The van der Waals surface area contributed by atoms with Gasteiger partial charge in [-0.25, -0.2) is 19.2 Å². The number of urea groups is 1. The van der Waals surface area contributed by atoms with Crippen molar-refractivity contribution in [3.05, 3.63) is 48.0 Å². The van der Waals surface area contributed by atoms with Gasteiger partial charge >= 0.3 is 6.03 Å². The highest BCUT2D eigenvalue weighted by Gasteiger charge is 2.31. The van der Waals surface area contributed by atoms with E-state index in [0.717, 1.165) is 11.8 Å². The van der Waals surface area contributed by atoms with Gasteiger partial charge < -0.3 is 14.8 Å². The summed E-state index contributed by atoms with van der Waals surface area (Å²) in [5, 5.41) is 5.42. The molecule has 0 radical (unpaired) electrons. The average Bonchev–Trinajstić information content (AvgIpc) is 3.05. The van der Waals surface area contributed by atoms with Gasteiger partial charge in [0.2, 0.25) is 5.88 Å². The maximum Gasteiger partial charge on any atom is 0.320 e. The number of pyridine rings is 2. The van der Waals surface area contributed by atoms with Crippen LogP contribution >= 0.6 is 0 Å². The summed E-state index contributed by atoms with van der Waals surface area (Å²) in [6.07, 6.45) is 3.11. The molecule has 2 N–H and O–H groups in total. The zero-order chi connectivity index (χ0) is 16.9. The minimum absolute atomic E-state index is 0.194. The number of hydrogen-bond acceptors (Lipinski definition) is 5. The fourth-order valence-corrected chi connectivity index (χ4v) is 2.52. The molecule has 8 heteroatoms. The smallest absolute Gasteiger partial charge is 0.320 e. The van der Waals surface area contributed by atoms with Crippen LogP contribution in [0.4, 0.5) is 15.0 Å². The van der Waals surface area contributed by atoms with Crippen LogP contribution in [0.25, 0.3) is 0 Å². The predicted octanol–water partition coefficient (Wildman–Crippen LogP) is 2.28. The molecule has 0 unspecified atom stereocenters. The second-order valence-corrected chi connectivity index (χ2v) is 5.28. The molecule has 0 aliphatic carbocycles. The number of carbonyl (C=O) groups excluding carboxylic acids is 1. The molecule has 1 saturated heterocycles. The third-order valence-corrected chi connectivity index (χ3v) is 3.67. The van der Waals surface area contributed by atoms with Gasteiger partial charge in [0.05, 0.1) is 19.3 Å². The van der Waals surface area contributed by atoms with Gasteiger partial charge in [0.15, 0.2) is 0 Å². The van der Waals surface area contributed by atoms with Gasteiger partial charge in [-0.2, -0.15) is 0 Å². The molecule has 0 spiro atoms. The Hall–Kier alpha value is -2.74. The minimum Gasteiger partial charge on any atom is -0.481 e. The summed E-state index contributed by atoms with van der Waals surface area (Å²) in [6, 6.07) is 5.61. The van der Waals surface area contributed by atoms with Crippen LogP contribution in [0.5, 0.6) is 5.88 Å². The Morgan fingerprint density at radius 1 is 1.29 bits per heavy atom. The summed E-state index contributed by atoms with van der Waals surface area (Å²) >= 11 is 0. The molecule has 126 valence electrons. The van der Waals surface area contributed by atoms with Gasteiger partial charge in [0.1, 0.15) is 17.7 Å². The number of nitrogens with one attached hydrogen (secondary N) is 2. The Kier molecular flexibility index (Phi) is 4.85. The van der Waals surface area contributed by atoms with E-state index in [2.05, 4.69) is 20.6 Å². The van der Waals surface area contributed by atoms with Crippen LogP contribution in [0.1, 0.15) is 18.1 Å². The lowest BCUT2D eigenvalue weighted by atomic mass is 10.0. The van der Waals surface area contributed by atoms with Crippen LogP contribution in [-0.4, -0.2) is 35.8 Å². The molecule has 2 amide bonds. The van der Waals surface area contributed by atoms with Gasteiger partial charge in [-0.05, 0) is 24.6 Å². The quantitative estimate of drug-likeness (QED) is 0.897. The first-order valence-corrected chi connectivity index (χ1v) is 7.46. The first kappa shape index (κ1) is 16.1. The van der Waals surface area contributed by atoms with E-state index in [-0.39, 0.29) is 18.0 Å². The van der Waals surface area contributed by atoms with Gasteiger partial charge in [-0.3, -0.25) is 5.32 Å². The molecule has 0 saturated carbocycles. The van der Waals surface area contributed by atoms with E-state index in [4.69, 9.17) is 9.47 Å². The van der Waals surface area contributed by atoms with E-state index in [1.165, 1.54) is 12.1 Å². The molecule has 3 heterocycles. The van der Waals surface area contributed by atoms with Crippen molar-refractivity contribution in [2.24, 2.45) is 0 Å². The largest absolute Gasteiger partial charge is 0.481 e. The molecule has 24 heavy (non-hydrogen) atoms. The van der Waals surface area contributed by atoms with E-state index in [1.807, 2.05) is 6.07 Å². The molecule has 0 bridgehead atoms. The molecule has 1 fully saturated rings. The highest BCUT2D eigenvalue weighted by Crippen LogP contribution is 2.29. The summed E-state index contributed by atoms with van der Waals surface area (Å²) in [5.41, 5.74) is 0.860. The summed E-state index contributed by atoms with van der Waals surface area (Å²) in [4.78, 5) is 20.0. The first-order valence-electron chi connectivity index (χ1n) is 7.46. The Morgan fingerprint density at radius 2 is 2.17 bits per heavy atom. The standard InChI is InChI=1S/C16H17FN4O3/c1-23-14-5-2-10(8-19-14)15-12(6-7-24-15)20-16(22)21-13-4-3-11(17)9-18-13/h2-5,8-9,12,15H,6-7H2,1H3,(H2,18,20,21,22)/t12-,15+/m0/s1. The number of halogens is 1. The number of aromatic nitrogens is 2. The van der Waals surface area contributed by atoms with E-state index < -0.39 is 11.8 Å². The Labute approximate surface area is 138 Å². The van der Waals surface area contributed by atoms with Crippen molar-refractivity contribution in [2.45, 2.75) is 18.6 Å². The number of carbonyl (C=O) groups is 1. The number of ether oxygens (including phenoxy) is 2. The SMILES string of the molecule is COc1ccc([C@H]2OCC[C@@H]2NC(=O)Nc2ccc(F)cn2)cn1. The maximum absolute atomic E-state index is 12.8. The summed E-state index contributed by atoms with van der Waals surface area (Å²) in [5.74, 6) is 0.328. The van der Waals surface area contributed by atoms with Crippen molar-refractivity contribution in [1.82, 2.24) is 15.3 Å². The Morgan fingerprint density at radius 3 is 2.83 bits per heavy atom. The van der Waals surface area contributed by atoms with Crippen LogP contribution < -0.4 is 15.4 Å². The number of hydrogen-bond donors (Lipinski definition) is 2. The van der Waals surface area contributed by atoms with Crippen LogP contribution in [0, 0.1) is 5.82 Å². The molecule has 7 nitrogen and oxygen atoms in total. The average molecular weight is 332 g/mol. The fraction of sp³-hybridized carbons (Fsp3) is 0.312. The highest BCUT2D eigenvalue weighted by atomic mass is 19.1. The Balaban J connectivity index is 1.62. The van der Waals surface area contributed by atoms with Crippen molar-refractivity contribution in [1.29, 1.82) is 0 Å². The van der Waals surface area contributed by atoms with E-state index >= 15 is 0 Å². The lowest BCUT2D eigenvalue weighted by molar-refractivity contribution is 0.100. The van der Waals surface area contributed by atoms with Crippen LogP contribution in [0.3, 0.4) is 0 Å². The summed E-state index contributed by atoms with van der Waals surface area (Å²) in [7, 11) is 1.55. The third-order valence-electron chi connectivity index (χ3n) is 3.67. The van der Waals surface area contributed by atoms with E-state index in [1.54, 1.807) is 19.4 Å². The topological polar surface area (TPSA) is 85.4 Å². The second-order valence-electron chi connectivity index (χ2n) is 5.28. The number of amides is 2. The predicted molar refractivity (Wildman–Crippen MR) is 84.2 cm³/mol. The lowest BCUT2D eigenvalue weighted by Gasteiger charge is -2.20. The fourth-order valence-electron chi connectivity index (χ4n) is 2.52. The zero-order valence-electron chi connectivity index (χ0n) is 13.0. The van der Waals surface area contributed by atoms with Gasteiger partial charge in [-0.15, -0.1) is 0 Å². The molecule has 2 aromatic heterocycles. The molecule has 1 aliphatic rings. The molecule has 2 atom stereocenters. The van der Waals surface area contributed by atoms with Crippen LogP contribution in [0.15, 0.2) is 36.7 Å². The number of rotatable bonds is 4. The van der Waals surface area contributed by atoms with E-state index in [9.17, 15) is 9.18 Å². The van der Waals surface area contributed by atoms with Crippen molar-refractivity contribution < 1.29 is 18.7 Å². The number of nitrogens with zero attached hydrogens (tertiary/aromatic N) is 2. The van der Waals surface area contributed by atoms with Crippen molar-refractivity contribution in [3.63, 3.8) is 0 Å². The second kappa shape index (κ2) is 7.22. The molecule has 2 aromatic rings. The Bertz CT molecular complexity index is 693. The first-order chi connectivity index (χ1) is 11.7. The van der Waals surface area contributed by atoms with E-state index in [0.29, 0.717) is 18.9 Å². The zero-order valence-corrected chi connectivity index (χ0v) is 13.0. The third kappa shape index (κ3) is 3.77. The molecule has 1 aliphatic heterocycles. The van der Waals surface area contributed by atoms with Gasteiger partial charge in [0, 0.05) is 24.4 Å². The normalized spacial score (nSPS) is 19.8. The van der Waals surface area contributed by atoms with Gasteiger partial charge in [-0.1, -0.05) is 0 Å². The number of anilines is 1. The molecule has 0 aromatic carbocycles. The molecular weight excluding hydrogens is 315 g/mol.